The minimum absolute atomic E-state index is 0.370. The number of aromatic amines is 1. The quantitative estimate of drug-likeness (QED) is 0.731. The van der Waals surface area contributed by atoms with E-state index in [9.17, 15) is 0 Å². The second-order valence-corrected chi connectivity index (χ2v) is 4.65. The van der Waals surface area contributed by atoms with Gasteiger partial charge >= 0.3 is 0 Å². The molecule has 5 nitrogen and oxygen atoms in total. The van der Waals surface area contributed by atoms with Crippen LogP contribution in [0.1, 0.15) is 18.0 Å². The zero-order valence-corrected chi connectivity index (χ0v) is 10.4. The maximum Gasteiger partial charge on any atom is 0.206 e. The number of hydrogen-bond donors (Lipinski definition) is 3. The molecule has 1 aliphatic rings. The van der Waals surface area contributed by atoms with Crippen molar-refractivity contribution >= 4 is 23.3 Å². The second-order valence-electron chi connectivity index (χ2n) is 4.24. The zero-order chi connectivity index (χ0) is 12.4. The third-order valence-electron chi connectivity index (χ3n) is 2.90. The normalized spacial score (nSPS) is 21.3. The van der Waals surface area contributed by atoms with Gasteiger partial charge in [0.05, 0.1) is 0 Å². The average molecular weight is 259 g/mol. The summed E-state index contributed by atoms with van der Waals surface area (Å²) in [4.78, 5) is 11.3. The predicted octanol–water partition coefficient (Wildman–Crippen LogP) is 1.65. The maximum atomic E-state index is 5.22. The van der Waals surface area contributed by atoms with Crippen LogP contribution in [0.25, 0.3) is 0 Å². The van der Waals surface area contributed by atoms with E-state index in [1.807, 2.05) is 18.3 Å². The van der Waals surface area contributed by atoms with E-state index in [-0.39, 0.29) is 0 Å². The van der Waals surface area contributed by atoms with E-state index in [4.69, 9.17) is 12.2 Å². The molecule has 1 fully saturated rings. The highest BCUT2D eigenvalue weighted by molar-refractivity contribution is 7.80. The summed E-state index contributed by atoms with van der Waals surface area (Å²) in [7, 11) is 0. The van der Waals surface area contributed by atoms with Crippen LogP contribution in [-0.4, -0.2) is 26.1 Å². The van der Waals surface area contributed by atoms with Crippen molar-refractivity contribution in [1.29, 1.82) is 0 Å². The molecule has 0 radical (unpaired) electrons. The smallest absolute Gasteiger partial charge is 0.206 e. The molecular formula is C12H13N5S. The number of hydrogen-bond acceptors (Lipinski definition) is 3. The molecule has 0 aliphatic heterocycles. The Balaban J connectivity index is 1.52. The van der Waals surface area contributed by atoms with Gasteiger partial charge < -0.3 is 15.6 Å². The molecule has 0 spiro atoms. The van der Waals surface area contributed by atoms with Gasteiger partial charge in [-0.15, -0.1) is 0 Å². The monoisotopic (exact) mass is 259 g/mol. The Labute approximate surface area is 110 Å². The molecule has 0 saturated heterocycles. The lowest BCUT2D eigenvalue weighted by molar-refractivity contribution is 0.858. The van der Waals surface area contributed by atoms with Gasteiger partial charge in [0.2, 0.25) is 5.95 Å². The maximum absolute atomic E-state index is 5.22. The molecule has 3 N–H and O–H groups in total. The van der Waals surface area contributed by atoms with Gasteiger partial charge in [0.25, 0.3) is 0 Å². The van der Waals surface area contributed by atoms with Crippen molar-refractivity contribution in [3.63, 3.8) is 0 Å². The van der Waals surface area contributed by atoms with Gasteiger partial charge in [0, 0.05) is 36.2 Å². The summed E-state index contributed by atoms with van der Waals surface area (Å²) < 4.78 is 0. The predicted molar refractivity (Wildman–Crippen MR) is 73.3 cm³/mol. The molecule has 18 heavy (non-hydrogen) atoms. The minimum Gasteiger partial charge on any atom is -0.359 e. The minimum atomic E-state index is 0.370. The summed E-state index contributed by atoms with van der Waals surface area (Å²) in [5.74, 6) is 1.12. The van der Waals surface area contributed by atoms with E-state index in [2.05, 4.69) is 31.7 Å². The van der Waals surface area contributed by atoms with Crippen LogP contribution in [0.2, 0.25) is 0 Å². The van der Waals surface area contributed by atoms with E-state index in [0.717, 1.165) is 12.1 Å². The van der Waals surface area contributed by atoms with E-state index in [1.54, 1.807) is 12.4 Å². The summed E-state index contributed by atoms with van der Waals surface area (Å²) in [6, 6.07) is 6.36. The third-order valence-corrected chi connectivity index (χ3v) is 3.12. The topological polar surface area (TPSA) is 65.6 Å². The Morgan fingerprint density at radius 1 is 1.33 bits per heavy atom. The van der Waals surface area contributed by atoms with Crippen LogP contribution >= 0.6 is 12.2 Å². The van der Waals surface area contributed by atoms with E-state index < -0.39 is 0 Å². The fourth-order valence-corrected chi connectivity index (χ4v) is 2.17. The second kappa shape index (κ2) is 4.73. The zero-order valence-electron chi connectivity index (χ0n) is 9.63. The highest BCUT2D eigenvalue weighted by Gasteiger charge is 2.39. The summed E-state index contributed by atoms with van der Waals surface area (Å²) >= 11 is 5.22. The fourth-order valence-electron chi connectivity index (χ4n) is 1.92. The van der Waals surface area contributed by atoms with Crippen LogP contribution < -0.4 is 10.6 Å². The first-order chi connectivity index (χ1) is 8.83. The van der Waals surface area contributed by atoms with E-state index >= 15 is 0 Å². The SMILES string of the molecule is S=C(Nc1ncc[nH]1)NC1CC1c1ccccn1. The lowest BCUT2D eigenvalue weighted by Gasteiger charge is -2.07. The molecule has 2 aromatic heterocycles. The Hall–Kier alpha value is -1.95. The average Bonchev–Trinajstić information content (AvgIpc) is 2.95. The number of thiocarbonyl (C=S) groups is 1. The highest BCUT2D eigenvalue weighted by Crippen LogP contribution is 2.39. The lowest BCUT2D eigenvalue weighted by Crippen LogP contribution is -2.31. The standard InChI is InChI=1S/C12H13N5S/c18-12(17-11-14-5-6-15-11)16-10-7-8(10)9-3-1-2-4-13-9/h1-6,8,10H,7H2,(H3,14,15,16,17,18). The first kappa shape index (κ1) is 11.2. The summed E-state index contributed by atoms with van der Waals surface area (Å²) in [5, 5.41) is 6.85. The van der Waals surface area contributed by atoms with Crippen molar-refractivity contribution in [2.24, 2.45) is 0 Å². The van der Waals surface area contributed by atoms with Gasteiger partial charge in [-0.05, 0) is 30.8 Å². The first-order valence-electron chi connectivity index (χ1n) is 5.81. The summed E-state index contributed by atoms with van der Waals surface area (Å²) in [6.45, 7) is 0. The third kappa shape index (κ3) is 2.48. The van der Waals surface area contributed by atoms with E-state index in [1.165, 1.54) is 0 Å². The number of H-pyrrole nitrogens is 1. The van der Waals surface area contributed by atoms with Crippen molar-refractivity contribution in [1.82, 2.24) is 20.3 Å². The number of nitrogens with zero attached hydrogens (tertiary/aromatic N) is 2. The molecule has 1 saturated carbocycles. The van der Waals surface area contributed by atoms with Crippen LogP contribution in [0, 0.1) is 0 Å². The van der Waals surface area contributed by atoms with Crippen LogP contribution in [0.15, 0.2) is 36.8 Å². The van der Waals surface area contributed by atoms with Crippen molar-refractivity contribution < 1.29 is 0 Å². The number of aromatic nitrogens is 3. The van der Waals surface area contributed by atoms with E-state index in [0.29, 0.717) is 23.0 Å². The molecule has 0 amide bonds. The van der Waals surface area contributed by atoms with Gasteiger partial charge in [0.1, 0.15) is 0 Å². The van der Waals surface area contributed by atoms with Gasteiger partial charge in [-0.1, -0.05) is 6.07 Å². The number of anilines is 1. The fraction of sp³-hybridized carbons (Fsp3) is 0.250. The molecule has 2 atom stereocenters. The van der Waals surface area contributed by atoms with Gasteiger partial charge in [-0.3, -0.25) is 4.98 Å². The molecule has 6 heteroatoms. The number of imidazole rings is 1. The Morgan fingerprint density at radius 3 is 3.00 bits per heavy atom. The van der Waals surface area contributed by atoms with Crippen LogP contribution in [0.5, 0.6) is 0 Å². The van der Waals surface area contributed by atoms with Gasteiger partial charge in [0.15, 0.2) is 5.11 Å². The molecule has 0 bridgehead atoms. The van der Waals surface area contributed by atoms with Crippen molar-refractivity contribution in [2.75, 3.05) is 5.32 Å². The Morgan fingerprint density at radius 2 is 2.28 bits per heavy atom. The molecule has 0 aromatic carbocycles. The van der Waals surface area contributed by atoms with Gasteiger partial charge in [-0.2, -0.15) is 0 Å². The number of pyridine rings is 1. The van der Waals surface area contributed by atoms with Crippen molar-refractivity contribution in [3.05, 3.63) is 42.5 Å². The van der Waals surface area contributed by atoms with Crippen molar-refractivity contribution in [2.45, 2.75) is 18.4 Å². The Bertz CT molecular complexity index is 525. The molecule has 2 heterocycles. The lowest BCUT2D eigenvalue weighted by atomic mass is 10.2. The first-order valence-corrected chi connectivity index (χ1v) is 6.21. The van der Waals surface area contributed by atoms with Crippen LogP contribution in [-0.2, 0) is 0 Å². The molecule has 3 rings (SSSR count). The van der Waals surface area contributed by atoms with Crippen LogP contribution in [0.3, 0.4) is 0 Å². The van der Waals surface area contributed by atoms with Crippen molar-refractivity contribution in [3.8, 4) is 0 Å². The molecule has 1 aliphatic carbocycles. The highest BCUT2D eigenvalue weighted by atomic mass is 32.1. The summed E-state index contributed by atoms with van der Waals surface area (Å²) in [6.07, 6.45) is 6.32. The molecule has 92 valence electrons. The molecule has 2 unspecified atom stereocenters. The largest absolute Gasteiger partial charge is 0.359 e. The van der Waals surface area contributed by atoms with Crippen LogP contribution in [0.4, 0.5) is 5.95 Å². The Kier molecular flexibility index (Phi) is 2.93. The van der Waals surface area contributed by atoms with Gasteiger partial charge in [-0.25, -0.2) is 4.98 Å². The number of nitrogens with one attached hydrogen (secondary N) is 3. The molecular weight excluding hydrogens is 246 g/mol. The molecule has 2 aromatic rings. The summed E-state index contributed by atoms with van der Waals surface area (Å²) in [5.41, 5.74) is 1.12. The number of rotatable bonds is 3.